The zero-order valence-corrected chi connectivity index (χ0v) is 9.86. The van der Waals surface area contributed by atoms with E-state index in [4.69, 9.17) is 0 Å². The molecule has 84 valence electrons. The van der Waals surface area contributed by atoms with E-state index < -0.39 is 0 Å². The van der Waals surface area contributed by atoms with Gasteiger partial charge in [0.2, 0.25) is 0 Å². The van der Waals surface area contributed by atoms with E-state index in [-0.39, 0.29) is 5.91 Å². The van der Waals surface area contributed by atoms with E-state index in [9.17, 15) is 4.79 Å². The van der Waals surface area contributed by atoms with Crippen molar-refractivity contribution in [3.63, 3.8) is 0 Å². The van der Waals surface area contributed by atoms with Gasteiger partial charge in [0.1, 0.15) is 0 Å². The highest BCUT2D eigenvalue weighted by Gasteiger charge is 2.34. The highest BCUT2D eigenvalue weighted by Crippen LogP contribution is 2.44. The van der Waals surface area contributed by atoms with Gasteiger partial charge in [-0.05, 0) is 49.8 Å². The molecule has 0 aromatic heterocycles. The smallest absolute Gasteiger partial charge is 0.254 e. The lowest BCUT2D eigenvalue weighted by atomic mass is 10.00. The zero-order chi connectivity index (χ0) is 11.3. The Morgan fingerprint density at radius 1 is 1.31 bits per heavy atom. The van der Waals surface area contributed by atoms with Gasteiger partial charge in [-0.15, -0.1) is 0 Å². The predicted octanol–water partition coefficient (Wildman–Crippen LogP) is 2.93. The van der Waals surface area contributed by atoms with E-state index >= 15 is 0 Å². The first-order valence-corrected chi connectivity index (χ1v) is 6.11. The van der Waals surface area contributed by atoms with Crippen molar-refractivity contribution in [2.24, 2.45) is 0 Å². The van der Waals surface area contributed by atoms with Crippen molar-refractivity contribution in [3.8, 4) is 0 Å². The minimum absolute atomic E-state index is 0.215. The second-order valence-electron chi connectivity index (χ2n) is 5.17. The summed E-state index contributed by atoms with van der Waals surface area (Å²) in [6.07, 6.45) is 2.60. The molecule has 16 heavy (non-hydrogen) atoms. The molecule has 0 saturated heterocycles. The topological polar surface area (TPSA) is 20.3 Å². The Morgan fingerprint density at radius 3 is 2.69 bits per heavy atom. The van der Waals surface area contributed by atoms with Gasteiger partial charge in [0, 0.05) is 18.2 Å². The maximum absolute atomic E-state index is 12.2. The first-order chi connectivity index (χ1) is 7.68. The zero-order valence-electron chi connectivity index (χ0n) is 9.86. The summed E-state index contributed by atoms with van der Waals surface area (Å²) in [6.45, 7) is 4.99. The molecule has 1 saturated carbocycles. The molecule has 0 N–H and O–H groups in total. The molecule has 0 spiro atoms. The number of benzene rings is 1. The van der Waals surface area contributed by atoms with Crippen LogP contribution in [-0.4, -0.2) is 16.8 Å². The molecule has 0 unspecified atom stereocenters. The van der Waals surface area contributed by atoms with E-state index in [2.05, 4.69) is 19.9 Å². The number of carbonyl (C=O) groups is 1. The Balaban J connectivity index is 2.04. The summed E-state index contributed by atoms with van der Waals surface area (Å²) < 4.78 is 0. The number of fused-ring (bicyclic) bond motifs is 1. The van der Waals surface area contributed by atoms with Gasteiger partial charge in [0.05, 0.1) is 0 Å². The minimum Gasteiger partial charge on any atom is -0.332 e. The molecule has 1 fully saturated rings. The van der Waals surface area contributed by atoms with E-state index in [0.717, 1.165) is 18.0 Å². The van der Waals surface area contributed by atoms with Crippen molar-refractivity contribution in [3.05, 3.63) is 34.9 Å². The second-order valence-corrected chi connectivity index (χ2v) is 5.17. The van der Waals surface area contributed by atoms with Gasteiger partial charge in [-0.25, -0.2) is 0 Å². The molecule has 2 aliphatic rings. The van der Waals surface area contributed by atoms with Crippen LogP contribution in [-0.2, 0) is 6.54 Å². The largest absolute Gasteiger partial charge is 0.332 e. The summed E-state index contributed by atoms with van der Waals surface area (Å²) in [4.78, 5) is 14.1. The number of hydrogen-bond acceptors (Lipinski definition) is 1. The summed E-state index contributed by atoms with van der Waals surface area (Å²) in [6, 6.07) is 6.51. The maximum Gasteiger partial charge on any atom is 0.254 e. The monoisotopic (exact) mass is 215 g/mol. The lowest BCUT2D eigenvalue weighted by molar-refractivity contribution is 0.0730. The first kappa shape index (κ1) is 9.88. The lowest BCUT2D eigenvalue weighted by Crippen LogP contribution is -2.30. The second kappa shape index (κ2) is 3.34. The molecule has 0 radical (unpaired) electrons. The molecule has 1 amide bonds. The highest BCUT2D eigenvalue weighted by molar-refractivity contribution is 5.99. The molecule has 2 nitrogen and oxygen atoms in total. The molecule has 0 bridgehead atoms. The van der Waals surface area contributed by atoms with Crippen molar-refractivity contribution in [1.82, 2.24) is 4.90 Å². The normalized spacial score (nSPS) is 19.4. The quantitative estimate of drug-likeness (QED) is 0.742. The van der Waals surface area contributed by atoms with Crippen LogP contribution < -0.4 is 0 Å². The first-order valence-electron chi connectivity index (χ1n) is 6.11. The van der Waals surface area contributed by atoms with Gasteiger partial charge in [0.15, 0.2) is 0 Å². The predicted molar refractivity (Wildman–Crippen MR) is 63.4 cm³/mol. The molecule has 2 heteroatoms. The summed E-state index contributed by atoms with van der Waals surface area (Å²) in [7, 11) is 0. The van der Waals surface area contributed by atoms with Gasteiger partial charge in [-0.1, -0.05) is 12.1 Å². The van der Waals surface area contributed by atoms with E-state index in [1.54, 1.807) is 0 Å². The molecule has 1 aromatic carbocycles. The summed E-state index contributed by atoms with van der Waals surface area (Å²) in [5.74, 6) is 0.947. The fraction of sp³-hybridized carbons (Fsp3) is 0.500. The third-order valence-corrected chi connectivity index (χ3v) is 3.67. The summed E-state index contributed by atoms with van der Waals surface area (Å²) in [5, 5.41) is 0. The number of nitrogens with zero attached hydrogens (tertiary/aromatic N) is 1. The van der Waals surface area contributed by atoms with Gasteiger partial charge >= 0.3 is 0 Å². The summed E-state index contributed by atoms with van der Waals surface area (Å²) in [5.41, 5.74) is 3.66. The average Bonchev–Trinajstić information content (AvgIpc) is 3.03. The number of rotatable bonds is 2. The molecule has 1 aromatic rings. The Hall–Kier alpha value is -1.31. The van der Waals surface area contributed by atoms with Gasteiger partial charge in [-0.2, -0.15) is 0 Å². The molecule has 0 atom stereocenters. The van der Waals surface area contributed by atoms with Crippen molar-refractivity contribution >= 4 is 5.91 Å². The van der Waals surface area contributed by atoms with Crippen LogP contribution in [0.5, 0.6) is 0 Å². The van der Waals surface area contributed by atoms with Crippen LogP contribution in [0.15, 0.2) is 18.2 Å². The van der Waals surface area contributed by atoms with Gasteiger partial charge in [0.25, 0.3) is 5.91 Å². The fourth-order valence-corrected chi connectivity index (χ4v) is 2.57. The van der Waals surface area contributed by atoms with Crippen molar-refractivity contribution in [1.29, 1.82) is 0 Å². The minimum atomic E-state index is 0.215. The van der Waals surface area contributed by atoms with Crippen LogP contribution in [0.3, 0.4) is 0 Å². The van der Waals surface area contributed by atoms with Crippen LogP contribution >= 0.6 is 0 Å². The Kier molecular flexibility index (Phi) is 2.06. The van der Waals surface area contributed by atoms with E-state index in [0.29, 0.717) is 6.04 Å². The van der Waals surface area contributed by atoms with Crippen molar-refractivity contribution < 1.29 is 4.79 Å². The molecule has 1 aliphatic carbocycles. The Bertz CT molecular complexity index is 446. The van der Waals surface area contributed by atoms with E-state index in [1.807, 2.05) is 17.0 Å². The van der Waals surface area contributed by atoms with Gasteiger partial charge in [-0.3, -0.25) is 4.79 Å². The molecular weight excluding hydrogens is 198 g/mol. The van der Waals surface area contributed by atoms with Crippen LogP contribution in [0, 0.1) is 0 Å². The lowest BCUT2D eigenvalue weighted by Gasteiger charge is -2.20. The maximum atomic E-state index is 12.2. The highest BCUT2D eigenvalue weighted by atomic mass is 16.2. The number of carbonyl (C=O) groups excluding carboxylic acids is 1. The number of amides is 1. The Morgan fingerprint density at radius 2 is 2.06 bits per heavy atom. The van der Waals surface area contributed by atoms with Crippen LogP contribution in [0.25, 0.3) is 0 Å². The van der Waals surface area contributed by atoms with E-state index in [1.165, 1.54) is 24.0 Å². The van der Waals surface area contributed by atoms with Gasteiger partial charge < -0.3 is 4.90 Å². The molecule has 1 heterocycles. The van der Waals surface area contributed by atoms with Crippen LogP contribution in [0.1, 0.15) is 54.1 Å². The van der Waals surface area contributed by atoms with Crippen LogP contribution in [0.4, 0.5) is 0 Å². The summed E-state index contributed by atoms with van der Waals surface area (Å²) >= 11 is 0. The molecule has 3 rings (SSSR count). The van der Waals surface area contributed by atoms with Crippen molar-refractivity contribution in [2.45, 2.75) is 45.2 Å². The molecule has 1 aliphatic heterocycles. The third-order valence-electron chi connectivity index (χ3n) is 3.67. The SMILES string of the molecule is CC(C)N1Cc2c(cccc2C2CC2)C1=O. The third kappa shape index (κ3) is 1.36. The standard InChI is InChI=1S/C14H17NO/c1-9(2)15-8-13-11(10-6-7-10)4-3-5-12(13)14(15)16/h3-5,9-10H,6-8H2,1-2H3. The molecular formula is C14H17NO. The fourth-order valence-electron chi connectivity index (χ4n) is 2.57. The number of hydrogen-bond donors (Lipinski definition) is 0. The Labute approximate surface area is 96.3 Å². The van der Waals surface area contributed by atoms with Crippen molar-refractivity contribution in [2.75, 3.05) is 0 Å². The van der Waals surface area contributed by atoms with Crippen LogP contribution in [0.2, 0.25) is 0 Å². The average molecular weight is 215 g/mol.